The lowest BCUT2D eigenvalue weighted by Crippen LogP contribution is -2.23. The summed E-state index contributed by atoms with van der Waals surface area (Å²) in [5.74, 6) is 0.716. The molecule has 3 rings (SSSR count). The lowest BCUT2D eigenvalue weighted by molar-refractivity contribution is 0.879. The minimum Gasteiger partial charge on any atom is -0.268 e. The Labute approximate surface area is 123 Å². The molecule has 0 aliphatic carbocycles. The maximum Gasteiger partial charge on any atom is 0.265 e. The number of nitrogens with zero attached hydrogens (tertiary/aromatic N) is 2. The molecule has 0 aliphatic heterocycles. The van der Waals surface area contributed by atoms with Crippen molar-refractivity contribution >= 4 is 10.9 Å². The van der Waals surface area contributed by atoms with Gasteiger partial charge in [-0.1, -0.05) is 29.8 Å². The first-order chi connectivity index (χ1) is 9.99. The van der Waals surface area contributed by atoms with Crippen molar-refractivity contribution in [2.75, 3.05) is 0 Å². The third-order valence-electron chi connectivity index (χ3n) is 3.80. The van der Waals surface area contributed by atoms with E-state index >= 15 is 0 Å². The van der Waals surface area contributed by atoms with Crippen molar-refractivity contribution in [2.45, 2.75) is 27.7 Å². The van der Waals surface area contributed by atoms with Crippen LogP contribution in [0.3, 0.4) is 0 Å². The molecule has 3 aromatic rings. The number of fused-ring (bicyclic) bond motifs is 1. The van der Waals surface area contributed by atoms with Gasteiger partial charge in [0.2, 0.25) is 0 Å². The minimum absolute atomic E-state index is 0.00634. The molecule has 0 fully saturated rings. The van der Waals surface area contributed by atoms with E-state index in [1.807, 2.05) is 45.0 Å². The van der Waals surface area contributed by atoms with Crippen molar-refractivity contribution in [2.24, 2.45) is 0 Å². The number of benzene rings is 2. The van der Waals surface area contributed by atoms with Gasteiger partial charge >= 0.3 is 0 Å². The average Bonchev–Trinajstić information content (AvgIpc) is 2.41. The van der Waals surface area contributed by atoms with Gasteiger partial charge in [0.1, 0.15) is 5.82 Å². The fraction of sp³-hybridized carbons (Fsp3) is 0.222. The zero-order valence-electron chi connectivity index (χ0n) is 12.8. The van der Waals surface area contributed by atoms with Crippen LogP contribution >= 0.6 is 0 Å². The molecule has 0 spiro atoms. The highest BCUT2D eigenvalue weighted by atomic mass is 16.1. The largest absolute Gasteiger partial charge is 0.268 e. The van der Waals surface area contributed by atoms with Gasteiger partial charge in [0.15, 0.2) is 0 Å². The Morgan fingerprint density at radius 1 is 0.952 bits per heavy atom. The lowest BCUT2D eigenvalue weighted by Gasteiger charge is -2.16. The van der Waals surface area contributed by atoms with Gasteiger partial charge in [0, 0.05) is 0 Å². The number of rotatable bonds is 1. The third-order valence-corrected chi connectivity index (χ3v) is 3.80. The quantitative estimate of drug-likeness (QED) is 0.681. The maximum absolute atomic E-state index is 12.9. The van der Waals surface area contributed by atoms with E-state index in [2.05, 4.69) is 24.0 Å². The number of para-hydroxylation sites is 1. The molecule has 0 saturated heterocycles. The van der Waals surface area contributed by atoms with Crippen LogP contribution in [0.4, 0.5) is 0 Å². The summed E-state index contributed by atoms with van der Waals surface area (Å²) in [4.78, 5) is 17.4. The van der Waals surface area contributed by atoms with Gasteiger partial charge in [0.25, 0.3) is 5.56 Å². The summed E-state index contributed by atoms with van der Waals surface area (Å²) in [6.07, 6.45) is 0. The van der Waals surface area contributed by atoms with Crippen LogP contribution < -0.4 is 5.56 Å². The van der Waals surface area contributed by atoms with E-state index in [0.717, 1.165) is 22.3 Å². The Morgan fingerprint density at radius 3 is 2.24 bits per heavy atom. The van der Waals surface area contributed by atoms with Gasteiger partial charge in [-0.05, 0) is 51.0 Å². The van der Waals surface area contributed by atoms with Crippen LogP contribution in [-0.4, -0.2) is 9.55 Å². The van der Waals surface area contributed by atoms with Crippen molar-refractivity contribution in [3.63, 3.8) is 0 Å². The number of hydrogen-bond donors (Lipinski definition) is 0. The molecule has 2 aromatic carbocycles. The molecule has 0 N–H and O–H groups in total. The molecule has 0 amide bonds. The van der Waals surface area contributed by atoms with Gasteiger partial charge in [0.05, 0.1) is 16.6 Å². The first kappa shape index (κ1) is 13.6. The van der Waals surface area contributed by atoms with Gasteiger partial charge < -0.3 is 0 Å². The van der Waals surface area contributed by atoms with E-state index in [1.54, 1.807) is 4.57 Å². The highest BCUT2D eigenvalue weighted by Gasteiger charge is 2.13. The Balaban J connectivity index is 2.44. The van der Waals surface area contributed by atoms with E-state index in [9.17, 15) is 4.79 Å². The van der Waals surface area contributed by atoms with Gasteiger partial charge in [-0.25, -0.2) is 4.98 Å². The highest BCUT2D eigenvalue weighted by Crippen LogP contribution is 2.21. The molecule has 3 nitrogen and oxygen atoms in total. The second-order valence-electron chi connectivity index (χ2n) is 5.56. The molecule has 0 saturated carbocycles. The van der Waals surface area contributed by atoms with E-state index in [4.69, 9.17) is 0 Å². The molecule has 21 heavy (non-hydrogen) atoms. The van der Waals surface area contributed by atoms with Gasteiger partial charge in [-0.3, -0.25) is 9.36 Å². The van der Waals surface area contributed by atoms with Crippen LogP contribution in [0.5, 0.6) is 0 Å². The number of aromatic nitrogens is 2. The minimum atomic E-state index is -0.00634. The predicted octanol–water partition coefficient (Wildman–Crippen LogP) is 3.62. The van der Waals surface area contributed by atoms with Crippen molar-refractivity contribution in [3.8, 4) is 5.69 Å². The van der Waals surface area contributed by atoms with Crippen molar-refractivity contribution in [1.29, 1.82) is 0 Å². The molecule has 0 atom stereocenters. The molecular formula is C18H18N2O. The first-order valence-electron chi connectivity index (χ1n) is 7.05. The summed E-state index contributed by atoms with van der Waals surface area (Å²) in [6.45, 7) is 8.03. The molecular weight excluding hydrogens is 260 g/mol. The molecule has 0 unspecified atom stereocenters. The zero-order valence-corrected chi connectivity index (χ0v) is 12.8. The van der Waals surface area contributed by atoms with Crippen LogP contribution in [0, 0.1) is 27.7 Å². The van der Waals surface area contributed by atoms with E-state index < -0.39 is 0 Å². The van der Waals surface area contributed by atoms with Gasteiger partial charge in [-0.15, -0.1) is 0 Å². The molecule has 1 heterocycles. The fourth-order valence-electron chi connectivity index (χ4n) is 3.03. The molecule has 1 aromatic heterocycles. The molecule has 0 radical (unpaired) electrons. The SMILES string of the molecule is Cc1cc(C)c(-n2c(C)nc3ccccc3c2=O)c(C)c1. The van der Waals surface area contributed by atoms with Gasteiger partial charge in [-0.2, -0.15) is 0 Å². The van der Waals surface area contributed by atoms with Crippen molar-refractivity contribution < 1.29 is 0 Å². The summed E-state index contributed by atoms with van der Waals surface area (Å²) < 4.78 is 1.73. The Hall–Kier alpha value is -2.42. The predicted molar refractivity (Wildman–Crippen MR) is 86.3 cm³/mol. The van der Waals surface area contributed by atoms with Crippen LogP contribution in [-0.2, 0) is 0 Å². The smallest absolute Gasteiger partial charge is 0.265 e. The first-order valence-corrected chi connectivity index (χ1v) is 7.05. The molecule has 0 bridgehead atoms. The zero-order chi connectivity index (χ0) is 15.1. The summed E-state index contributed by atoms with van der Waals surface area (Å²) in [6, 6.07) is 11.7. The second-order valence-corrected chi connectivity index (χ2v) is 5.56. The number of aryl methyl sites for hydroxylation is 4. The Kier molecular flexibility index (Phi) is 3.13. The summed E-state index contributed by atoms with van der Waals surface area (Å²) in [5.41, 5.74) is 5.07. The molecule has 106 valence electrons. The lowest BCUT2D eigenvalue weighted by atomic mass is 10.0. The van der Waals surface area contributed by atoms with E-state index in [1.165, 1.54) is 5.56 Å². The molecule has 3 heteroatoms. The fourth-order valence-corrected chi connectivity index (χ4v) is 3.03. The normalized spacial score (nSPS) is 11.0. The van der Waals surface area contributed by atoms with E-state index in [0.29, 0.717) is 11.2 Å². The van der Waals surface area contributed by atoms with Crippen molar-refractivity contribution in [1.82, 2.24) is 9.55 Å². The second kappa shape index (κ2) is 4.85. The topological polar surface area (TPSA) is 34.9 Å². The maximum atomic E-state index is 12.9. The summed E-state index contributed by atoms with van der Waals surface area (Å²) in [5, 5.41) is 0.655. The summed E-state index contributed by atoms with van der Waals surface area (Å²) >= 11 is 0. The van der Waals surface area contributed by atoms with Crippen molar-refractivity contribution in [3.05, 3.63) is 69.3 Å². The van der Waals surface area contributed by atoms with Crippen LogP contribution in [0.15, 0.2) is 41.2 Å². The standard InChI is InChI=1S/C18H18N2O/c1-11-9-12(2)17(13(3)10-11)20-14(4)19-16-8-6-5-7-15(16)18(20)21/h5-10H,1-4H3. The number of hydrogen-bond acceptors (Lipinski definition) is 2. The Morgan fingerprint density at radius 2 is 1.57 bits per heavy atom. The van der Waals surface area contributed by atoms with Crippen LogP contribution in [0.2, 0.25) is 0 Å². The summed E-state index contributed by atoms with van der Waals surface area (Å²) in [7, 11) is 0. The third kappa shape index (κ3) is 2.15. The molecule has 0 aliphatic rings. The van der Waals surface area contributed by atoms with E-state index in [-0.39, 0.29) is 5.56 Å². The monoisotopic (exact) mass is 278 g/mol. The highest BCUT2D eigenvalue weighted by molar-refractivity contribution is 5.78. The van der Waals surface area contributed by atoms with Crippen LogP contribution in [0.25, 0.3) is 16.6 Å². The Bertz CT molecular complexity index is 884. The average molecular weight is 278 g/mol. The van der Waals surface area contributed by atoms with Crippen LogP contribution in [0.1, 0.15) is 22.5 Å².